The maximum Gasteiger partial charge on any atom is 0.199 e. The third-order valence-corrected chi connectivity index (χ3v) is 5.54. The zero-order valence-electron chi connectivity index (χ0n) is 12.1. The highest BCUT2D eigenvalue weighted by Crippen LogP contribution is 2.36. The number of rotatable bonds is 4. The number of thioether (sulfide) groups is 1. The largest absolute Gasteiger partial charge is 0.388 e. The third kappa shape index (κ3) is 2.95. The van der Waals surface area contributed by atoms with Crippen LogP contribution in [-0.4, -0.2) is 47.9 Å². The van der Waals surface area contributed by atoms with Crippen molar-refractivity contribution in [2.24, 2.45) is 0 Å². The number of aliphatic hydroxyl groups is 1. The molecule has 1 aromatic heterocycles. The van der Waals surface area contributed by atoms with Gasteiger partial charge in [0.25, 0.3) is 0 Å². The van der Waals surface area contributed by atoms with Gasteiger partial charge in [-0.3, -0.25) is 9.47 Å². The topological polar surface area (TPSA) is 46.2 Å². The molecule has 0 aromatic carbocycles. The minimum atomic E-state index is -0.0332. The van der Waals surface area contributed by atoms with Crippen LogP contribution < -0.4 is 0 Å². The van der Waals surface area contributed by atoms with Gasteiger partial charge in [0.2, 0.25) is 0 Å². The maximum atomic E-state index is 9.46. The van der Waals surface area contributed by atoms with Crippen LogP contribution in [0.15, 0.2) is 0 Å². The molecule has 0 unspecified atom stereocenters. The molecule has 0 radical (unpaired) electrons. The second-order valence-electron chi connectivity index (χ2n) is 6.26. The normalized spacial score (nSPS) is 23.1. The average Bonchev–Trinajstić information content (AvgIpc) is 3.15. The van der Waals surface area contributed by atoms with Gasteiger partial charge < -0.3 is 5.11 Å². The van der Waals surface area contributed by atoms with Gasteiger partial charge in [-0.15, -0.1) is 0 Å². The molecular weight excluding hydrogens is 292 g/mol. The highest BCUT2D eigenvalue weighted by Gasteiger charge is 2.30. The van der Waals surface area contributed by atoms with Crippen LogP contribution in [0.1, 0.15) is 38.6 Å². The van der Waals surface area contributed by atoms with Gasteiger partial charge in [0.05, 0.1) is 6.67 Å². The Morgan fingerprint density at radius 3 is 2.80 bits per heavy atom. The van der Waals surface area contributed by atoms with Crippen molar-refractivity contribution >= 4 is 24.0 Å². The summed E-state index contributed by atoms with van der Waals surface area (Å²) in [7, 11) is 0. The number of aromatic nitrogens is 3. The minimum absolute atomic E-state index is 0.0332. The third-order valence-electron chi connectivity index (χ3n) is 3.83. The van der Waals surface area contributed by atoms with Crippen LogP contribution in [-0.2, 0) is 13.3 Å². The van der Waals surface area contributed by atoms with Gasteiger partial charge in [-0.1, -0.05) is 0 Å². The van der Waals surface area contributed by atoms with E-state index in [1.54, 1.807) is 0 Å². The van der Waals surface area contributed by atoms with Crippen LogP contribution >= 0.6 is 24.0 Å². The van der Waals surface area contributed by atoms with Crippen LogP contribution in [0.4, 0.5) is 0 Å². The highest BCUT2D eigenvalue weighted by atomic mass is 32.2. The van der Waals surface area contributed by atoms with E-state index >= 15 is 0 Å². The van der Waals surface area contributed by atoms with Crippen LogP contribution in [0.5, 0.6) is 0 Å². The molecule has 0 bridgehead atoms. The quantitative estimate of drug-likeness (QED) is 0.862. The van der Waals surface area contributed by atoms with Crippen molar-refractivity contribution in [2.45, 2.75) is 50.8 Å². The standard InChI is InChI=1S/C13H22N4OS2/c1-13(2)8-15(5-6-20-13)9-16-12(19)17(10-3-4-10)11(7-18)14-16/h10,18H,3-9H2,1-2H3. The predicted octanol–water partition coefficient (Wildman–Crippen LogP) is 2.03. The summed E-state index contributed by atoms with van der Waals surface area (Å²) in [5.74, 6) is 1.86. The van der Waals surface area contributed by atoms with E-state index in [2.05, 4.69) is 23.8 Å². The van der Waals surface area contributed by atoms with Crippen molar-refractivity contribution in [1.82, 2.24) is 19.2 Å². The van der Waals surface area contributed by atoms with Crippen molar-refractivity contribution in [2.75, 3.05) is 18.8 Å². The first-order valence-electron chi connectivity index (χ1n) is 7.15. The Labute approximate surface area is 129 Å². The van der Waals surface area contributed by atoms with Gasteiger partial charge in [-0.2, -0.15) is 16.9 Å². The second kappa shape index (κ2) is 5.44. The molecule has 2 heterocycles. The molecule has 0 amide bonds. The number of hydrogen-bond acceptors (Lipinski definition) is 5. The summed E-state index contributed by atoms with van der Waals surface area (Å²) in [6.45, 7) is 7.38. The van der Waals surface area contributed by atoms with Gasteiger partial charge in [-0.25, -0.2) is 4.68 Å². The molecule has 1 N–H and O–H groups in total. The second-order valence-corrected chi connectivity index (χ2v) is 8.43. The summed E-state index contributed by atoms with van der Waals surface area (Å²) < 4.78 is 4.97. The molecule has 7 heteroatoms. The molecular formula is C13H22N4OS2. The predicted molar refractivity (Wildman–Crippen MR) is 83.4 cm³/mol. The summed E-state index contributed by atoms with van der Waals surface area (Å²) in [4.78, 5) is 2.40. The van der Waals surface area contributed by atoms with E-state index in [-0.39, 0.29) is 6.61 Å². The summed E-state index contributed by atoms with van der Waals surface area (Å²) in [5.41, 5.74) is 0. The summed E-state index contributed by atoms with van der Waals surface area (Å²) in [6.07, 6.45) is 2.31. The molecule has 20 heavy (non-hydrogen) atoms. The highest BCUT2D eigenvalue weighted by molar-refractivity contribution is 8.00. The zero-order valence-corrected chi connectivity index (χ0v) is 13.7. The Morgan fingerprint density at radius 2 is 2.20 bits per heavy atom. The smallest absolute Gasteiger partial charge is 0.199 e. The van der Waals surface area contributed by atoms with Crippen molar-refractivity contribution in [1.29, 1.82) is 0 Å². The molecule has 0 atom stereocenters. The summed E-state index contributed by atoms with van der Waals surface area (Å²) >= 11 is 7.57. The summed E-state index contributed by atoms with van der Waals surface area (Å²) in [6, 6.07) is 0.465. The van der Waals surface area contributed by atoms with E-state index in [0.29, 0.717) is 16.6 Å². The van der Waals surface area contributed by atoms with Crippen molar-refractivity contribution in [3.05, 3.63) is 10.6 Å². The molecule has 3 rings (SSSR count). The van der Waals surface area contributed by atoms with Gasteiger partial charge in [0.15, 0.2) is 10.6 Å². The fourth-order valence-electron chi connectivity index (χ4n) is 2.79. The Morgan fingerprint density at radius 1 is 1.45 bits per heavy atom. The lowest BCUT2D eigenvalue weighted by atomic mass is 10.2. The van der Waals surface area contributed by atoms with E-state index in [0.717, 1.165) is 43.1 Å². The van der Waals surface area contributed by atoms with E-state index in [1.807, 2.05) is 21.0 Å². The Balaban J connectivity index is 1.79. The lowest BCUT2D eigenvalue weighted by molar-refractivity contribution is 0.194. The minimum Gasteiger partial charge on any atom is -0.388 e. The van der Waals surface area contributed by atoms with Crippen molar-refractivity contribution in [3.63, 3.8) is 0 Å². The molecule has 1 saturated carbocycles. The Hall–Kier alpha value is -0.370. The fraction of sp³-hybridized carbons (Fsp3) is 0.846. The monoisotopic (exact) mass is 314 g/mol. The van der Waals surface area contributed by atoms with Crippen molar-refractivity contribution < 1.29 is 5.11 Å². The lowest BCUT2D eigenvalue weighted by Gasteiger charge is -2.37. The molecule has 0 spiro atoms. The van der Waals surface area contributed by atoms with Crippen molar-refractivity contribution in [3.8, 4) is 0 Å². The van der Waals surface area contributed by atoms with Crippen LogP contribution in [0, 0.1) is 4.77 Å². The first kappa shape index (κ1) is 14.6. The Bertz CT molecular complexity index is 547. The maximum absolute atomic E-state index is 9.46. The first-order valence-corrected chi connectivity index (χ1v) is 8.55. The number of hydrogen-bond donors (Lipinski definition) is 1. The molecule has 1 aromatic rings. The average molecular weight is 314 g/mol. The molecule has 5 nitrogen and oxygen atoms in total. The molecule has 1 saturated heterocycles. The van der Waals surface area contributed by atoms with Crippen LogP contribution in [0.2, 0.25) is 0 Å². The van der Waals surface area contributed by atoms with E-state index < -0.39 is 0 Å². The molecule has 2 fully saturated rings. The number of aliphatic hydroxyl groups excluding tert-OH is 1. The van der Waals surface area contributed by atoms with Gasteiger partial charge in [0.1, 0.15) is 6.61 Å². The van der Waals surface area contributed by atoms with Crippen LogP contribution in [0.25, 0.3) is 0 Å². The SMILES string of the molecule is CC1(C)CN(Cn2nc(CO)n(C3CC3)c2=S)CCS1. The lowest BCUT2D eigenvalue weighted by Crippen LogP contribution is -2.43. The van der Waals surface area contributed by atoms with E-state index in [4.69, 9.17) is 12.2 Å². The van der Waals surface area contributed by atoms with Gasteiger partial charge >= 0.3 is 0 Å². The first-order chi connectivity index (χ1) is 9.50. The van der Waals surface area contributed by atoms with E-state index in [9.17, 15) is 5.11 Å². The molecule has 2 aliphatic rings. The van der Waals surface area contributed by atoms with E-state index in [1.165, 1.54) is 0 Å². The summed E-state index contributed by atoms with van der Waals surface area (Å²) in [5, 5.41) is 14.0. The van der Waals surface area contributed by atoms with Gasteiger partial charge in [-0.05, 0) is 38.9 Å². The van der Waals surface area contributed by atoms with Crippen LogP contribution in [0.3, 0.4) is 0 Å². The fourth-order valence-corrected chi connectivity index (χ4v) is 4.32. The Kier molecular flexibility index (Phi) is 3.96. The zero-order chi connectivity index (χ0) is 14.3. The van der Waals surface area contributed by atoms with Gasteiger partial charge in [0, 0.05) is 29.6 Å². The molecule has 112 valence electrons. The molecule has 1 aliphatic heterocycles. The molecule has 1 aliphatic carbocycles. The number of nitrogens with zero attached hydrogens (tertiary/aromatic N) is 4.